The van der Waals surface area contributed by atoms with E-state index in [0.717, 1.165) is 39.0 Å². The predicted octanol–water partition coefficient (Wildman–Crippen LogP) is 4.05. The Bertz CT molecular complexity index is 989. The molecule has 0 aliphatic carbocycles. The van der Waals surface area contributed by atoms with Gasteiger partial charge < -0.3 is 13.9 Å². The predicted molar refractivity (Wildman–Crippen MR) is 87.9 cm³/mol. The molecule has 0 N–H and O–H groups in total. The fourth-order valence-electron chi connectivity index (χ4n) is 2.89. The van der Waals surface area contributed by atoms with Crippen molar-refractivity contribution in [3.63, 3.8) is 0 Å². The number of benzene rings is 2. The van der Waals surface area contributed by atoms with Gasteiger partial charge in [0.1, 0.15) is 11.5 Å². The number of nitrogens with zero attached hydrogens (tertiary/aromatic N) is 2. The van der Waals surface area contributed by atoms with Crippen LogP contribution in [0.3, 0.4) is 0 Å². The van der Waals surface area contributed by atoms with Crippen molar-refractivity contribution in [2.75, 3.05) is 13.7 Å². The van der Waals surface area contributed by atoms with Gasteiger partial charge in [0.05, 0.1) is 42.0 Å². The summed E-state index contributed by atoms with van der Waals surface area (Å²) in [6.07, 6.45) is 1.89. The molecule has 4 heteroatoms. The molecule has 0 aliphatic heterocycles. The molecule has 22 heavy (non-hydrogen) atoms. The van der Waals surface area contributed by atoms with E-state index in [1.165, 1.54) is 0 Å². The number of methoxy groups -OCH3 is 1. The van der Waals surface area contributed by atoms with Crippen LogP contribution in [0.4, 0.5) is 0 Å². The van der Waals surface area contributed by atoms with Crippen LogP contribution in [0.5, 0.6) is 11.5 Å². The minimum Gasteiger partial charge on any atom is -0.497 e. The largest absolute Gasteiger partial charge is 0.497 e. The van der Waals surface area contributed by atoms with Crippen LogP contribution in [0.15, 0.2) is 48.7 Å². The van der Waals surface area contributed by atoms with E-state index in [0.29, 0.717) is 6.61 Å². The third kappa shape index (κ3) is 1.88. The summed E-state index contributed by atoms with van der Waals surface area (Å²) in [4.78, 5) is 4.54. The summed E-state index contributed by atoms with van der Waals surface area (Å²) >= 11 is 0. The average Bonchev–Trinajstić information content (AvgIpc) is 2.92. The third-order valence-electron chi connectivity index (χ3n) is 3.87. The summed E-state index contributed by atoms with van der Waals surface area (Å²) in [5, 5.41) is 1.15. The molecule has 0 spiro atoms. The normalized spacial score (nSPS) is 11.4. The molecule has 2 aromatic carbocycles. The molecule has 0 saturated carbocycles. The van der Waals surface area contributed by atoms with Crippen molar-refractivity contribution in [3.8, 4) is 11.5 Å². The number of rotatable bonds is 3. The van der Waals surface area contributed by atoms with Crippen LogP contribution in [0.1, 0.15) is 6.92 Å². The molecular formula is C18H16N2O2. The maximum absolute atomic E-state index is 5.59. The van der Waals surface area contributed by atoms with Gasteiger partial charge in [-0.15, -0.1) is 0 Å². The molecule has 0 radical (unpaired) electrons. The summed E-state index contributed by atoms with van der Waals surface area (Å²) < 4.78 is 13.1. The van der Waals surface area contributed by atoms with E-state index < -0.39 is 0 Å². The molecule has 0 unspecified atom stereocenters. The third-order valence-corrected chi connectivity index (χ3v) is 3.87. The molecule has 4 aromatic rings. The van der Waals surface area contributed by atoms with E-state index in [9.17, 15) is 0 Å². The zero-order chi connectivity index (χ0) is 15.1. The number of hydrogen-bond acceptors (Lipinski definition) is 3. The zero-order valence-electron chi connectivity index (χ0n) is 12.5. The average molecular weight is 292 g/mol. The molecule has 4 rings (SSSR count). The highest BCUT2D eigenvalue weighted by atomic mass is 16.5. The van der Waals surface area contributed by atoms with Crippen LogP contribution >= 0.6 is 0 Å². The monoisotopic (exact) mass is 292 g/mol. The lowest BCUT2D eigenvalue weighted by Crippen LogP contribution is -1.92. The maximum Gasteiger partial charge on any atom is 0.121 e. The lowest BCUT2D eigenvalue weighted by molar-refractivity contribution is 0.341. The second-order valence-corrected chi connectivity index (χ2v) is 5.17. The lowest BCUT2D eigenvalue weighted by Gasteiger charge is -2.06. The van der Waals surface area contributed by atoms with Crippen LogP contribution in [0.25, 0.3) is 27.5 Å². The highest BCUT2D eigenvalue weighted by Crippen LogP contribution is 2.28. The molecule has 4 nitrogen and oxygen atoms in total. The van der Waals surface area contributed by atoms with Crippen molar-refractivity contribution in [2.24, 2.45) is 0 Å². The van der Waals surface area contributed by atoms with Crippen molar-refractivity contribution in [1.82, 2.24) is 9.38 Å². The van der Waals surface area contributed by atoms with Crippen LogP contribution in [-0.2, 0) is 0 Å². The first kappa shape index (κ1) is 13.0. The van der Waals surface area contributed by atoms with Crippen molar-refractivity contribution >= 4 is 27.5 Å². The molecular weight excluding hydrogens is 276 g/mol. The van der Waals surface area contributed by atoms with Gasteiger partial charge in [-0.25, -0.2) is 0 Å². The van der Waals surface area contributed by atoms with Gasteiger partial charge in [-0.1, -0.05) is 0 Å². The highest BCUT2D eigenvalue weighted by molar-refractivity contribution is 5.93. The Balaban J connectivity index is 2.05. The fraction of sp³-hybridized carbons (Fsp3) is 0.167. The zero-order valence-corrected chi connectivity index (χ0v) is 12.5. The fourth-order valence-corrected chi connectivity index (χ4v) is 2.89. The van der Waals surface area contributed by atoms with Crippen molar-refractivity contribution in [3.05, 3.63) is 48.7 Å². The summed E-state index contributed by atoms with van der Waals surface area (Å²) in [5.41, 5.74) is 4.20. The summed E-state index contributed by atoms with van der Waals surface area (Å²) in [6, 6.07) is 14.3. The topological polar surface area (TPSA) is 35.8 Å². The van der Waals surface area contributed by atoms with Crippen molar-refractivity contribution in [1.29, 1.82) is 0 Å². The Morgan fingerprint density at radius 2 is 1.82 bits per heavy atom. The molecule has 0 bridgehead atoms. The van der Waals surface area contributed by atoms with E-state index in [1.54, 1.807) is 7.11 Å². The minimum atomic E-state index is 0.670. The van der Waals surface area contributed by atoms with E-state index >= 15 is 0 Å². The lowest BCUT2D eigenvalue weighted by atomic mass is 10.2. The van der Waals surface area contributed by atoms with E-state index in [-0.39, 0.29) is 0 Å². The Kier molecular flexibility index (Phi) is 2.89. The van der Waals surface area contributed by atoms with Gasteiger partial charge in [0.15, 0.2) is 0 Å². The summed E-state index contributed by atoms with van der Waals surface area (Å²) in [7, 11) is 1.67. The maximum atomic E-state index is 5.59. The Morgan fingerprint density at radius 3 is 2.64 bits per heavy atom. The van der Waals surface area contributed by atoms with Gasteiger partial charge in [-0.05, 0) is 43.3 Å². The number of fused-ring (bicyclic) bond motifs is 5. The molecule has 2 aromatic heterocycles. The van der Waals surface area contributed by atoms with Gasteiger partial charge in [-0.2, -0.15) is 0 Å². The number of hydrogen-bond donors (Lipinski definition) is 0. The second-order valence-electron chi connectivity index (χ2n) is 5.17. The number of ether oxygens (including phenoxy) is 2. The van der Waals surface area contributed by atoms with Crippen molar-refractivity contribution < 1.29 is 9.47 Å². The molecule has 0 aliphatic rings. The van der Waals surface area contributed by atoms with Crippen LogP contribution in [0, 0.1) is 0 Å². The standard InChI is InChI=1S/C18H16N2O2/c1-3-22-15-5-6-17-12(9-15)8-13-11-19-16-10-14(21-2)4-7-18(16)20(13)17/h4-11H,3H2,1-2H3. The van der Waals surface area contributed by atoms with Gasteiger partial charge >= 0.3 is 0 Å². The SMILES string of the molecule is CCOc1ccc2c(c1)cc1cnc3cc(OC)ccc3n12. The smallest absolute Gasteiger partial charge is 0.121 e. The quantitative estimate of drug-likeness (QED) is 0.571. The van der Waals surface area contributed by atoms with Crippen LogP contribution in [-0.4, -0.2) is 23.1 Å². The van der Waals surface area contributed by atoms with E-state index in [4.69, 9.17) is 9.47 Å². The minimum absolute atomic E-state index is 0.670. The van der Waals surface area contributed by atoms with Crippen LogP contribution < -0.4 is 9.47 Å². The Labute approximate surface area is 127 Å². The first-order chi connectivity index (χ1) is 10.8. The molecule has 0 fully saturated rings. The summed E-state index contributed by atoms with van der Waals surface area (Å²) in [5.74, 6) is 1.71. The van der Waals surface area contributed by atoms with E-state index in [1.807, 2.05) is 37.4 Å². The summed E-state index contributed by atoms with van der Waals surface area (Å²) in [6.45, 7) is 2.66. The molecule has 2 heterocycles. The van der Waals surface area contributed by atoms with Gasteiger partial charge in [0, 0.05) is 11.5 Å². The van der Waals surface area contributed by atoms with Gasteiger partial charge in [-0.3, -0.25) is 4.98 Å². The van der Waals surface area contributed by atoms with Gasteiger partial charge in [0.2, 0.25) is 0 Å². The van der Waals surface area contributed by atoms with E-state index in [2.05, 4.69) is 27.6 Å². The second kappa shape index (κ2) is 4.91. The highest BCUT2D eigenvalue weighted by Gasteiger charge is 2.08. The Hall–Kier alpha value is -2.75. The number of aromatic nitrogens is 2. The first-order valence-electron chi connectivity index (χ1n) is 7.31. The first-order valence-corrected chi connectivity index (χ1v) is 7.31. The van der Waals surface area contributed by atoms with Crippen molar-refractivity contribution in [2.45, 2.75) is 6.92 Å². The molecule has 0 atom stereocenters. The van der Waals surface area contributed by atoms with Crippen LogP contribution in [0.2, 0.25) is 0 Å². The molecule has 0 amide bonds. The molecule has 110 valence electrons. The Morgan fingerprint density at radius 1 is 1.00 bits per heavy atom. The molecule has 0 saturated heterocycles. The van der Waals surface area contributed by atoms with Gasteiger partial charge in [0.25, 0.3) is 0 Å².